The molecule has 0 aliphatic carbocycles. The molecule has 0 saturated carbocycles. The molecule has 1 aliphatic rings. The molecule has 24 heavy (non-hydrogen) atoms. The van der Waals surface area contributed by atoms with Gasteiger partial charge in [-0.25, -0.2) is 0 Å². The van der Waals surface area contributed by atoms with E-state index in [0.717, 1.165) is 0 Å². The highest BCUT2D eigenvalue weighted by Crippen LogP contribution is 2.13. The molecular weight excluding hydrogens is 308 g/mol. The molecule has 3 rings (SSSR count). The van der Waals surface area contributed by atoms with E-state index >= 15 is 0 Å². The molecule has 2 heterocycles. The molecular formula is C17H18N4O3. The minimum atomic E-state index is -0.110. The second kappa shape index (κ2) is 7.10. The monoisotopic (exact) mass is 326 g/mol. The first-order valence-electron chi connectivity index (χ1n) is 7.69. The highest BCUT2D eigenvalue weighted by Gasteiger charge is 2.25. The summed E-state index contributed by atoms with van der Waals surface area (Å²) in [6.45, 7) is 1.93. The summed E-state index contributed by atoms with van der Waals surface area (Å²) >= 11 is 0. The third kappa shape index (κ3) is 3.36. The molecule has 1 fully saturated rings. The van der Waals surface area contributed by atoms with Crippen LogP contribution in [0.3, 0.4) is 0 Å². The SMILES string of the molecule is O=C(c1ccc(NO)cc1)N1CCN(C(=O)c2ccccn2)CC1. The van der Waals surface area contributed by atoms with Gasteiger partial charge >= 0.3 is 0 Å². The third-order valence-electron chi connectivity index (χ3n) is 4.00. The van der Waals surface area contributed by atoms with E-state index in [4.69, 9.17) is 5.21 Å². The summed E-state index contributed by atoms with van der Waals surface area (Å²) in [6.07, 6.45) is 1.60. The van der Waals surface area contributed by atoms with Gasteiger partial charge in [-0.05, 0) is 36.4 Å². The number of pyridine rings is 1. The maximum absolute atomic E-state index is 12.5. The minimum Gasteiger partial charge on any atom is -0.335 e. The van der Waals surface area contributed by atoms with Gasteiger partial charge in [-0.2, -0.15) is 0 Å². The van der Waals surface area contributed by atoms with Crippen molar-refractivity contribution in [2.75, 3.05) is 31.7 Å². The molecule has 7 heteroatoms. The number of hydrogen-bond acceptors (Lipinski definition) is 5. The van der Waals surface area contributed by atoms with Gasteiger partial charge in [-0.15, -0.1) is 0 Å². The van der Waals surface area contributed by atoms with Crippen LogP contribution >= 0.6 is 0 Å². The summed E-state index contributed by atoms with van der Waals surface area (Å²) in [5.74, 6) is -0.189. The number of nitrogens with one attached hydrogen (secondary N) is 1. The van der Waals surface area contributed by atoms with E-state index in [1.54, 1.807) is 58.5 Å². The average molecular weight is 326 g/mol. The van der Waals surface area contributed by atoms with E-state index in [2.05, 4.69) is 4.98 Å². The zero-order valence-corrected chi connectivity index (χ0v) is 13.1. The fourth-order valence-corrected chi connectivity index (χ4v) is 2.63. The standard InChI is InChI=1S/C17H18N4O3/c22-16(13-4-6-14(19-24)7-5-13)20-9-11-21(12-10-20)17(23)15-3-1-2-8-18-15/h1-8,19,24H,9-12H2. The second-order valence-electron chi connectivity index (χ2n) is 5.49. The number of rotatable bonds is 3. The van der Waals surface area contributed by atoms with E-state index in [0.29, 0.717) is 43.1 Å². The molecule has 0 radical (unpaired) electrons. The van der Waals surface area contributed by atoms with Gasteiger partial charge in [0.15, 0.2) is 0 Å². The van der Waals surface area contributed by atoms with Crippen molar-refractivity contribution in [2.45, 2.75) is 0 Å². The lowest BCUT2D eigenvalue weighted by Gasteiger charge is -2.34. The molecule has 2 amide bonds. The lowest BCUT2D eigenvalue weighted by Crippen LogP contribution is -2.50. The van der Waals surface area contributed by atoms with Gasteiger partial charge in [0.25, 0.3) is 11.8 Å². The molecule has 0 unspecified atom stereocenters. The van der Waals surface area contributed by atoms with Crippen molar-refractivity contribution < 1.29 is 14.8 Å². The predicted octanol–water partition coefficient (Wildman–Crippen LogP) is 1.48. The summed E-state index contributed by atoms with van der Waals surface area (Å²) in [6, 6.07) is 11.8. The first-order valence-corrected chi connectivity index (χ1v) is 7.69. The van der Waals surface area contributed by atoms with Crippen LogP contribution in [0.2, 0.25) is 0 Å². The Bertz CT molecular complexity index is 710. The van der Waals surface area contributed by atoms with Gasteiger partial charge in [-0.1, -0.05) is 6.07 Å². The topological polar surface area (TPSA) is 85.8 Å². The molecule has 0 atom stereocenters. The second-order valence-corrected chi connectivity index (χ2v) is 5.49. The van der Waals surface area contributed by atoms with Crippen LogP contribution in [0.4, 0.5) is 5.69 Å². The van der Waals surface area contributed by atoms with Crippen molar-refractivity contribution in [1.29, 1.82) is 0 Å². The Morgan fingerprint density at radius 3 is 2.08 bits per heavy atom. The van der Waals surface area contributed by atoms with E-state index in [9.17, 15) is 9.59 Å². The molecule has 2 aromatic rings. The number of carbonyl (C=O) groups is 2. The summed E-state index contributed by atoms with van der Waals surface area (Å²) < 4.78 is 0. The van der Waals surface area contributed by atoms with Gasteiger partial charge in [0, 0.05) is 37.9 Å². The van der Waals surface area contributed by atoms with Crippen LogP contribution < -0.4 is 5.48 Å². The Morgan fingerprint density at radius 1 is 0.917 bits per heavy atom. The maximum atomic E-state index is 12.5. The van der Waals surface area contributed by atoms with Gasteiger partial charge in [-0.3, -0.25) is 25.3 Å². The van der Waals surface area contributed by atoms with Crippen LogP contribution in [0.15, 0.2) is 48.7 Å². The van der Waals surface area contributed by atoms with Gasteiger partial charge in [0.2, 0.25) is 0 Å². The van der Waals surface area contributed by atoms with Crippen LogP contribution in [0, 0.1) is 0 Å². The number of aromatic nitrogens is 1. The highest BCUT2D eigenvalue weighted by atomic mass is 16.5. The van der Waals surface area contributed by atoms with Crippen molar-refractivity contribution >= 4 is 17.5 Å². The number of anilines is 1. The largest absolute Gasteiger partial charge is 0.335 e. The zero-order chi connectivity index (χ0) is 16.9. The lowest BCUT2D eigenvalue weighted by atomic mass is 10.1. The molecule has 1 aromatic heterocycles. The van der Waals surface area contributed by atoms with Gasteiger partial charge in [0.05, 0.1) is 5.69 Å². The first kappa shape index (κ1) is 15.9. The van der Waals surface area contributed by atoms with E-state index in [1.165, 1.54) is 0 Å². The van der Waals surface area contributed by atoms with Crippen molar-refractivity contribution in [1.82, 2.24) is 14.8 Å². The Morgan fingerprint density at radius 2 is 1.54 bits per heavy atom. The van der Waals surface area contributed by atoms with Crippen molar-refractivity contribution in [3.63, 3.8) is 0 Å². The van der Waals surface area contributed by atoms with Crippen molar-refractivity contribution in [3.8, 4) is 0 Å². The van der Waals surface area contributed by atoms with E-state index < -0.39 is 0 Å². The Kier molecular flexibility index (Phi) is 4.72. The molecule has 0 spiro atoms. The van der Waals surface area contributed by atoms with Crippen molar-refractivity contribution in [2.24, 2.45) is 0 Å². The first-order chi connectivity index (χ1) is 11.7. The number of amides is 2. The maximum Gasteiger partial charge on any atom is 0.272 e. The Balaban J connectivity index is 1.60. The Hall–Kier alpha value is -2.93. The van der Waals surface area contributed by atoms with Crippen LogP contribution in [0.1, 0.15) is 20.8 Å². The van der Waals surface area contributed by atoms with Crippen LogP contribution in [0.5, 0.6) is 0 Å². The van der Waals surface area contributed by atoms with Gasteiger partial charge < -0.3 is 9.80 Å². The van der Waals surface area contributed by atoms with E-state index in [1.807, 2.05) is 5.48 Å². The fourth-order valence-electron chi connectivity index (χ4n) is 2.63. The molecule has 2 N–H and O–H groups in total. The number of carbonyl (C=O) groups excluding carboxylic acids is 2. The average Bonchev–Trinajstić information content (AvgIpc) is 2.68. The number of nitrogens with zero attached hydrogens (tertiary/aromatic N) is 3. The lowest BCUT2D eigenvalue weighted by molar-refractivity contribution is 0.0532. The molecule has 1 aromatic carbocycles. The van der Waals surface area contributed by atoms with Crippen molar-refractivity contribution in [3.05, 3.63) is 59.9 Å². The number of benzene rings is 1. The smallest absolute Gasteiger partial charge is 0.272 e. The zero-order valence-electron chi connectivity index (χ0n) is 13.1. The Labute approximate surface area is 139 Å². The summed E-state index contributed by atoms with van der Waals surface area (Å²) in [5, 5.41) is 8.80. The van der Waals surface area contributed by atoms with Crippen LogP contribution in [-0.4, -0.2) is 58.0 Å². The van der Waals surface area contributed by atoms with Crippen LogP contribution in [0.25, 0.3) is 0 Å². The number of piperazine rings is 1. The predicted molar refractivity (Wildman–Crippen MR) is 87.9 cm³/mol. The molecule has 1 aliphatic heterocycles. The normalized spacial score (nSPS) is 14.4. The minimum absolute atomic E-state index is 0.0792. The summed E-state index contributed by atoms with van der Waals surface area (Å²) in [5.41, 5.74) is 3.53. The molecule has 124 valence electrons. The molecule has 7 nitrogen and oxygen atoms in total. The summed E-state index contributed by atoms with van der Waals surface area (Å²) in [7, 11) is 0. The quantitative estimate of drug-likeness (QED) is 0.835. The highest BCUT2D eigenvalue weighted by molar-refractivity contribution is 5.95. The van der Waals surface area contributed by atoms with Crippen LogP contribution in [-0.2, 0) is 0 Å². The third-order valence-corrected chi connectivity index (χ3v) is 4.00. The number of hydrogen-bond donors (Lipinski definition) is 2. The van der Waals surface area contributed by atoms with Gasteiger partial charge in [0.1, 0.15) is 5.69 Å². The molecule has 1 saturated heterocycles. The summed E-state index contributed by atoms with van der Waals surface area (Å²) in [4.78, 5) is 32.3. The molecule has 0 bridgehead atoms. The van der Waals surface area contributed by atoms with E-state index in [-0.39, 0.29) is 11.8 Å². The fraction of sp³-hybridized carbons (Fsp3) is 0.235.